The van der Waals surface area contributed by atoms with Crippen molar-refractivity contribution in [2.75, 3.05) is 20.8 Å². The van der Waals surface area contributed by atoms with E-state index in [2.05, 4.69) is 5.32 Å². The second-order valence-electron chi connectivity index (χ2n) is 4.29. The minimum Gasteiger partial charge on any atom is -0.468 e. The van der Waals surface area contributed by atoms with Gasteiger partial charge in [-0.25, -0.2) is 4.79 Å². The Bertz CT molecular complexity index is 214. The number of hydrogen-bond acceptors (Lipinski definition) is 4. The predicted molar refractivity (Wildman–Crippen MR) is 57.7 cm³/mol. The minimum absolute atomic E-state index is 0.275. The first kappa shape index (κ1) is 12.5. The number of methoxy groups -OCH3 is 1. The second kappa shape index (κ2) is 5.47. The smallest absolute Gasteiger partial charge is 0.328 e. The summed E-state index contributed by atoms with van der Waals surface area (Å²) in [7, 11) is 3.14. The topological polar surface area (TPSA) is 47.6 Å². The predicted octanol–water partition coefficient (Wildman–Crippen LogP) is 1.10. The van der Waals surface area contributed by atoms with Crippen LogP contribution in [0, 0.1) is 0 Å². The van der Waals surface area contributed by atoms with Gasteiger partial charge in [0.1, 0.15) is 5.54 Å². The molecule has 0 aromatic rings. The summed E-state index contributed by atoms with van der Waals surface area (Å²) in [5.74, 6) is -0.275. The Morgan fingerprint density at radius 2 is 2.07 bits per heavy atom. The quantitative estimate of drug-likeness (QED) is 0.698. The third kappa shape index (κ3) is 3.18. The van der Waals surface area contributed by atoms with Crippen LogP contribution in [0.5, 0.6) is 0 Å². The summed E-state index contributed by atoms with van der Waals surface area (Å²) < 4.78 is 10.5. The van der Waals surface area contributed by atoms with Gasteiger partial charge in [0.25, 0.3) is 0 Å². The van der Waals surface area contributed by atoms with Crippen molar-refractivity contribution in [3.8, 4) is 0 Å². The van der Waals surface area contributed by atoms with E-state index < -0.39 is 5.54 Å². The Morgan fingerprint density at radius 1 is 1.47 bits per heavy atom. The highest BCUT2D eigenvalue weighted by Gasteiger charge is 2.34. The van der Waals surface area contributed by atoms with E-state index in [1.807, 2.05) is 0 Å². The van der Waals surface area contributed by atoms with Crippen molar-refractivity contribution in [1.29, 1.82) is 0 Å². The zero-order chi connectivity index (χ0) is 11.3. The highest BCUT2D eigenvalue weighted by molar-refractivity contribution is 5.80. The number of hydrogen-bond donors (Lipinski definition) is 1. The summed E-state index contributed by atoms with van der Waals surface area (Å²) in [6, 6.07) is 0. The van der Waals surface area contributed by atoms with Gasteiger partial charge in [0.15, 0.2) is 0 Å². The summed E-state index contributed by atoms with van der Waals surface area (Å²) in [5, 5.41) is 2.95. The van der Waals surface area contributed by atoms with Crippen LogP contribution in [0.15, 0.2) is 0 Å². The number of carbonyl (C=O) groups is 1. The molecule has 0 saturated heterocycles. The zero-order valence-corrected chi connectivity index (χ0v) is 9.84. The first-order valence-corrected chi connectivity index (χ1v) is 5.51. The van der Waals surface area contributed by atoms with Crippen molar-refractivity contribution in [2.45, 2.75) is 44.2 Å². The highest BCUT2D eigenvalue weighted by Crippen LogP contribution is 2.22. The van der Waals surface area contributed by atoms with Crippen molar-refractivity contribution >= 4 is 5.97 Å². The molecule has 0 heterocycles. The average Bonchev–Trinajstić information content (AvgIpc) is 2.77. The molecule has 88 valence electrons. The molecule has 1 unspecified atom stereocenters. The van der Waals surface area contributed by atoms with Crippen molar-refractivity contribution in [2.24, 2.45) is 0 Å². The summed E-state index contributed by atoms with van der Waals surface area (Å²) in [6.45, 7) is 2.18. The van der Waals surface area contributed by atoms with Gasteiger partial charge in [0.05, 0.1) is 19.8 Å². The van der Waals surface area contributed by atoms with Crippen LogP contribution in [0.1, 0.15) is 32.6 Å². The lowest BCUT2D eigenvalue weighted by Gasteiger charge is -2.27. The molecule has 1 N–H and O–H groups in total. The molecule has 0 spiro atoms. The maximum absolute atomic E-state index is 11.5. The number of carbonyl (C=O) groups excluding carboxylic acids is 1. The van der Waals surface area contributed by atoms with Crippen LogP contribution >= 0.6 is 0 Å². The van der Waals surface area contributed by atoms with Crippen LogP contribution in [0.2, 0.25) is 0 Å². The first-order valence-electron chi connectivity index (χ1n) is 5.51. The number of rotatable bonds is 5. The van der Waals surface area contributed by atoms with Crippen molar-refractivity contribution < 1.29 is 14.3 Å². The molecule has 0 aromatic carbocycles. The standard InChI is InChI=1S/C11H21NO3/c1-11(12-2,10(13)14-3)8-15-9-6-4-5-7-9/h9,12H,4-8H2,1-3H3. The van der Waals surface area contributed by atoms with E-state index in [0.29, 0.717) is 12.7 Å². The Labute approximate surface area is 91.3 Å². The van der Waals surface area contributed by atoms with Gasteiger partial charge in [-0.2, -0.15) is 0 Å². The molecule has 4 nitrogen and oxygen atoms in total. The molecule has 0 bridgehead atoms. The lowest BCUT2D eigenvalue weighted by atomic mass is 10.0. The monoisotopic (exact) mass is 215 g/mol. The Balaban J connectivity index is 2.41. The van der Waals surface area contributed by atoms with Gasteiger partial charge >= 0.3 is 5.97 Å². The van der Waals surface area contributed by atoms with Crippen LogP contribution in [0.3, 0.4) is 0 Å². The Morgan fingerprint density at radius 3 is 2.53 bits per heavy atom. The molecule has 1 aliphatic rings. The maximum Gasteiger partial charge on any atom is 0.328 e. The van der Waals surface area contributed by atoms with Crippen LogP contribution < -0.4 is 5.32 Å². The molecular formula is C11H21NO3. The largest absolute Gasteiger partial charge is 0.468 e. The third-order valence-corrected chi connectivity index (χ3v) is 3.10. The maximum atomic E-state index is 11.5. The van der Waals surface area contributed by atoms with Gasteiger partial charge in [-0.3, -0.25) is 0 Å². The number of esters is 1. The lowest BCUT2D eigenvalue weighted by Crippen LogP contribution is -2.52. The first-order chi connectivity index (χ1) is 7.12. The van der Waals surface area contributed by atoms with Gasteiger partial charge in [-0.1, -0.05) is 12.8 Å². The highest BCUT2D eigenvalue weighted by atomic mass is 16.5. The van der Waals surface area contributed by atoms with Gasteiger partial charge in [-0.05, 0) is 26.8 Å². The van der Waals surface area contributed by atoms with E-state index >= 15 is 0 Å². The molecule has 0 amide bonds. The molecule has 0 radical (unpaired) electrons. The summed E-state index contributed by atoms with van der Waals surface area (Å²) >= 11 is 0. The zero-order valence-electron chi connectivity index (χ0n) is 9.84. The number of nitrogens with one attached hydrogen (secondary N) is 1. The van der Waals surface area contributed by atoms with Crippen LogP contribution in [0.25, 0.3) is 0 Å². The normalized spacial score (nSPS) is 21.3. The van der Waals surface area contributed by atoms with Crippen LogP contribution in [-0.4, -0.2) is 38.4 Å². The fourth-order valence-corrected chi connectivity index (χ4v) is 1.80. The molecule has 0 aromatic heterocycles. The van der Waals surface area contributed by atoms with Gasteiger partial charge in [-0.15, -0.1) is 0 Å². The van der Waals surface area contributed by atoms with E-state index in [1.165, 1.54) is 20.0 Å². The molecular weight excluding hydrogens is 194 g/mol. The average molecular weight is 215 g/mol. The minimum atomic E-state index is -0.725. The van der Waals surface area contributed by atoms with Gasteiger partial charge in [0.2, 0.25) is 0 Å². The fourth-order valence-electron chi connectivity index (χ4n) is 1.80. The molecule has 1 fully saturated rings. The van der Waals surface area contributed by atoms with E-state index in [1.54, 1.807) is 14.0 Å². The van der Waals surface area contributed by atoms with E-state index in [9.17, 15) is 4.79 Å². The summed E-state index contributed by atoms with van der Waals surface area (Å²) in [6.07, 6.45) is 5.02. The second-order valence-corrected chi connectivity index (χ2v) is 4.29. The summed E-state index contributed by atoms with van der Waals surface area (Å²) in [4.78, 5) is 11.5. The molecule has 15 heavy (non-hydrogen) atoms. The van der Waals surface area contributed by atoms with Crippen molar-refractivity contribution in [3.05, 3.63) is 0 Å². The van der Waals surface area contributed by atoms with E-state index in [4.69, 9.17) is 9.47 Å². The molecule has 1 aliphatic carbocycles. The van der Waals surface area contributed by atoms with Crippen molar-refractivity contribution in [1.82, 2.24) is 5.32 Å². The molecule has 0 aliphatic heterocycles. The SMILES string of the molecule is CNC(C)(COC1CCCC1)C(=O)OC. The van der Waals surface area contributed by atoms with Crippen LogP contribution in [0.4, 0.5) is 0 Å². The van der Waals surface area contributed by atoms with Gasteiger partial charge in [0, 0.05) is 0 Å². The van der Waals surface area contributed by atoms with E-state index in [-0.39, 0.29) is 5.97 Å². The molecule has 1 saturated carbocycles. The molecule has 1 rings (SSSR count). The Hall–Kier alpha value is -0.610. The Kier molecular flexibility index (Phi) is 4.54. The molecule has 1 atom stereocenters. The molecule has 4 heteroatoms. The summed E-state index contributed by atoms with van der Waals surface area (Å²) in [5.41, 5.74) is -0.725. The number of likely N-dealkylation sites (N-methyl/N-ethyl adjacent to an activating group) is 1. The van der Waals surface area contributed by atoms with Crippen molar-refractivity contribution in [3.63, 3.8) is 0 Å². The lowest BCUT2D eigenvalue weighted by molar-refractivity contribution is -0.151. The van der Waals surface area contributed by atoms with E-state index in [0.717, 1.165) is 12.8 Å². The van der Waals surface area contributed by atoms with Gasteiger partial charge < -0.3 is 14.8 Å². The fraction of sp³-hybridized carbons (Fsp3) is 0.909. The third-order valence-electron chi connectivity index (χ3n) is 3.10. The number of ether oxygens (including phenoxy) is 2. The van der Waals surface area contributed by atoms with Crippen LogP contribution in [-0.2, 0) is 14.3 Å².